The maximum atomic E-state index is 14.0. The fourth-order valence-corrected chi connectivity index (χ4v) is 4.77. The summed E-state index contributed by atoms with van der Waals surface area (Å²) in [5, 5.41) is 13.6. The maximum Gasteiger partial charge on any atom is 0.257 e. The van der Waals surface area contributed by atoms with E-state index in [2.05, 4.69) is 42.5 Å². The van der Waals surface area contributed by atoms with Gasteiger partial charge in [-0.15, -0.1) is 6.58 Å². The molecule has 0 spiro atoms. The number of carbonyl (C=O) groups excluding carboxylic acids is 1. The van der Waals surface area contributed by atoms with Crippen molar-refractivity contribution in [3.8, 4) is 11.3 Å². The van der Waals surface area contributed by atoms with E-state index in [1.165, 1.54) is 12.1 Å². The average Bonchev–Trinajstić information content (AvgIpc) is 3.01. The molecule has 1 aromatic carbocycles. The highest BCUT2D eigenvalue weighted by Gasteiger charge is 2.31. The average molecular weight is 515 g/mol. The van der Waals surface area contributed by atoms with Gasteiger partial charge in [-0.2, -0.15) is 0 Å². The second kappa shape index (κ2) is 13.7. The van der Waals surface area contributed by atoms with Crippen LogP contribution in [0.1, 0.15) is 74.5 Å². The maximum absolute atomic E-state index is 14.0. The van der Waals surface area contributed by atoms with Gasteiger partial charge in [-0.25, -0.2) is 4.39 Å². The van der Waals surface area contributed by atoms with Crippen LogP contribution in [-0.4, -0.2) is 21.7 Å². The summed E-state index contributed by atoms with van der Waals surface area (Å²) in [5.74, 6) is -0.504. The van der Waals surface area contributed by atoms with Crippen LogP contribution in [-0.2, 0) is 6.54 Å². The molecule has 1 aliphatic rings. The number of aliphatic hydroxyl groups excluding tert-OH is 1. The second-order valence-corrected chi connectivity index (χ2v) is 9.78. The number of allylic oxidation sites excluding steroid dienone is 10. The van der Waals surface area contributed by atoms with Crippen LogP contribution in [0.5, 0.6) is 0 Å². The van der Waals surface area contributed by atoms with Gasteiger partial charge in [0.25, 0.3) is 5.91 Å². The van der Waals surface area contributed by atoms with Crippen molar-refractivity contribution in [1.82, 2.24) is 9.88 Å². The second-order valence-electron chi connectivity index (χ2n) is 9.78. The highest BCUT2D eigenvalue weighted by Crippen LogP contribution is 2.41. The van der Waals surface area contributed by atoms with Crippen molar-refractivity contribution in [2.75, 3.05) is 0 Å². The summed E-state index contributed by atoms with van der Waals surface area (Å²) in [4.78, 5) is 14.0. The number of carbonyl (C=O) groups is 1. The van der Waals surface area contributed by atoms with Crippen molar-refractivity contribution in [1.29, 1.82) is 0 Å². The summed E-state index contributed by atoms with van der Waals surface area (Å²) in [6.07, 6.45) is 18.7. The van der Waals surface area contributed by atoms with E-state index >= 15 is 0 Å². The fraction of sp³-hybridized carbons (Fsp3) is 0.303. The Morgan fingerprint density at radius 2 is 1.97 bits per heavy atom. The van der Waals surface area contributed by atoms with Crippen LogP contribution in [0.2, 0.25) is 0 Å². The van der Waals surface area contributed by atoms with Crippen LogP contribution < -0.4 is 5.32 Å². The summed E-state index contributed by atoms with van der Waals surface area (Å²) < 4.78 is 16.1. The van der Waals surface area contributed by atoms with Gasteiger partial charge in [0, 0.05) is 23.5 Å². The highest BCUT2D eigenvalue weighted by molar-refractivity contribution is 6.06. The van der Waals surface area contributed by atoms with Gasteiger partial charge in [-0.3, -0.25) is 4.79 Å². The Hall–Kier alpha value is -3.70. The van der Waals surface area contributed by atoms with Crippen LogP contribution >= 0.6 is 0 Å². The van der Waals surface area contributed by atoms with Gasteiger partial charge >= 0.3 is 0 Å². The molecule has 0 unspecified atom stereocenters. The third-order valence-electron chi connectivity index (χ3n) is 6.45. The lowest BCUT2D eigenvalue weighted by Crippen LogP contribution is -2.24. The molecule has 1 atom stereocenters. The minimum atomic E-state index is -0.552. The fourth-order valence-electron chi connectivity index (χ4n) is 4.77. The molecule has 200 valence electrons. The van der Waals surface area contributed by atoms with E-state index in [1.54, 1.807) is 18.2 Å². The first-order valence-corrected chi connectivity index (χ1v) is 13.2. The number of amides is 1. The lowest BCUT2D eigenvalue weighted by molar-refractivity contribution is 0.0964. The smallest absolute Gasteiger partial charge is 0.257 e. The Kier molecular flexibility index (Phi) is 10.4. The van der Waals surface area contributed by atoms with Crippen molar-refractivity contribution in [3.05, 3.63) is 114 Å². The Labute approximate surface area is 226 Å². The Balaban J connectivity index is 2.36. The quantitative estimate of drug-likeness (QED) is 0.237. The molecule has 1 aliphatic carbocycles. The topological polar surface area (TPSA) is 54.3 Å². The van der Waals surface area contributed by atoms with Crippen molar-refractivity contribution in [2.45, 2.75) is 65.5 Å². The number of rotatable bonds is 11. The molecule has 1 aromatic heterocycles. The third-order valence-corrected chi connectivity index (χ3v) is 6.45. The number of aliphatic hydroxyl groups is 1. The summed E-state index contributed by atoms with van der Waals surface area (Å²) in [7, 11) is 0. The van der Waals surface area contributed by atoms with Crippen LogP contribution in [0.3, 0.4) is 0 Å². The summed E-state index contributed by atoms with van der Waals surface area (Å²) >= 11 is 0. The molecule has 38 heavy (non-hydrogen) atoms. The lowest BCUT2D eigenvalue weighted by Gasteiger charge is -2.19. The number of halogens is 1. The van der Waals surface area contributed by atoms with Crippen molar-refractivity contribution < 1.29 is 14.3 Å². The van der Waals surface area contributed by atoms with Gasteiger partial charge in [0.1, 0.15) is 5.82 Å². The van der Waals surface area contributed by atoms with Gasteiger partial charge in [-0.1, -0.05) is 62.5 Å². The summed E-state index contributed by atoms with van der Waals surface area (Å²) in [5.41, 5.74) is 5.62. The van der Waals surface area contributed by atoms with Crippen molar-refractivity contribution in [3.63, 3.8) is 0 Å². The molecule has 2 N–H and O–H groups in total. The van der Waals surface area contributed by atoms with Gasteiger partial charge in [0.15, 0.2) is 0 Å². The van der Waals surface area contributed by atoms with E-state index in [0.29, 0.717) is 24.9 Å². The minimum Gasteiger partial charge on any atom is -0.393 e. The number of benzene rings is 1. The molecule has 5 heteroatoms. The van der Waals surface area contributed by atoms with E-state index in [1.807, 2.05) is 50.3 Å². The molecule has 0 fully saturated rings. The first kappa shape index (κ1) is 28.9. The van der Waals surface area contributed by atoms with Crippen molar-refractivity contribution >= 4 is 11.5 Å². The number of nitrogens with one attached hydrogen (secondary N) is 1. The van der Waals surface area contributed by atoms with Crippen LogP contribution in [0.4, 0.5) is 4.39 Å². The van der Waals surface area contributed by atoms with Gasteiger partial charge in [0.05, 0.1) is 17.4 Å². The zero-order valence-corrected chi connectivity index (χ0v) is 22.9. The number of hydrogen-bond donors (Lipinski definition) is 2. The molecule has 0 aliphatic heterocycles. The standard InChI is InChI=1S/C33H39FN2O2/c1-6-8-14-24(5)35-33(38)30-29(25-15-11-9-10-12-16-25)32(26-17-19-27(34)20-18-26)36(31(30)23(3)4)22-21-28(37)13-7-2/h6-11,14-20,23,28,37H,2,12-13,21-22H2,1,3-5H3,(H,35,38)/b8-6-,24-14+/t28-/m0/s1. The Morgan fingerprint density at radius 3 is 2.63 bits per heavy atom. The van der Waals surface area contributed by atoms with Crippen LogP contribution in [0.15, 0.2) is 91.2 Å². The number of hydrogen-bond acceptors (Lipinski definition) is 2. The Bertz CT molecular complexity index is 1290. The molecular weight excluding hydrogens is 475 g/mol. The van der Waals surface area contributed by atoms with E-state index < -0.39 is 6.10 Å². The summed E-state index contributed by atoms with van der Waals surface area (Å²) in [6.45, 7) is 12.2. The lowest BCUT2D eigenvalue weighted by atomic mass is 9.93. The minimum absolute atomic E-state index is 0.00792. The van der Waals surface area contributed by atoms with E-state index in [4.69, 9.17) is 0 Å². The monoisotopic (exact) mass is 514 g/mol. The first-order chi connectivity index (χ1) is 18.3. The van der Waals surface area contributed by atoms with Gasteiger partial charge in [-0.05, 0) is 80.5 Å². The molecular formula is C33H39FN2O2. The van der Waals surface area contributed by atoms with E-state index in [0.717, 1.165) is 40.2 Å². The largest absolute Gasteiger partial charge is 0.393 e. The van der Waals surface area contributed by atoms with E-state index in [9.17, 15) is 14.3 Å². The Morgan fingerprint density at radius 1 is 1.24 bits per heavy atom. The van der Waals surface area contributed by atoms with Gasteiger partial charge in [0.2, 0.25) is 0 Å². The normalized spacial score (nSPS) is 14.6. The first-order valence-electron chi connectivity index (χ1n) is 13.2. The molecule has 0 bridgehead atoms. The number of nitrogens with zero attached hydrogens (tertiary/aromatic N) is 1. The van der Waals surface area contributed by atoms with Gasteiger partial charge < -0.3 is 15.0 Å². The van der Waals surface area contributed by atoms with Crippen LogP contribution in [0, 0.1) is 5.82 Å². The highest BCUT2D eigenvalue weighted by atomic mass is 19.1. The predicted octanol–water partition coefficient (Wildman–Crippen LogP) is 7.85. The zero-order valence-electron chi connectivity index (χ0n) is 22.9. The molecule has 4 nitrogen and oxygen atoms in total. The number of aromatic nitrogens is 1. The molecule has 0 saturated carbocycles. The van der Waals surface area contributed by atoms with Crippen LogP contribution in [0.25, 0.3) is 16.8 Å². The van der Waals surface area contributed by atoms with Crippen molar-refractivity contribution in [2.24, 2.45) is 0 Å². The molecule has 0 radical (unpaired) electrons. The molecule has 1 amide bonds. The molecule has 3 rings (SSSR count). The third kappa shape index (κ3) is 6.99. The molecule has 2 aromatic rings. The predicted molar refractivity (Wildman–Crippen MR) is 156 cm³/mol. The molecule has 1 heterocycles. The zero-order chi connectivity index (χ0) is 27.7. The molecule has 0 saturated heterocycles. The summed E-state index contributed by atoms with van der Waals surface area (Å²) in [6, 6.07) is 6.40. The van der Waals surface area contributed by atoms with E-state index in [-0.39, 0.29) is 17.6 Å². The SMILES string of the molecule is C=CC[C@H](O)CCn1c(-c2ccc(F)cc2)c(C2=CCC=CC=C2)c(C(=O)N/C(C)=C/C=C\C)c1C(C)C.